The third-order valence-electron chi connectivity index (χ3n) is 5.06. The van der Waals surface area contributed by atoms with Crippen molar-refractivity contribution in [2.24, 2.45) is 5.73 Å². The average Bonchev–Trinajstić information content (AvgIpc) is 3.04. The number of carbonyl (C=O) groups excluding carboxylic acids is 3. The fourth-order valence-corrected chi connectivity index (χ4v) is 3.79. The van der Waals surface area contributed by atoms with E-state index in [-0.39, 0.29) is 42.0 Å². The highest BCUT2D eigenvalue weighted by molar-refractivity contribution is 6.17. The highest BCUT2D eigenvalue weighted by Gasteiger charge is 2.38. The summed E-state index contributed by atoms with van der Waals surface area (Å²) in [6, 6.07) is 5.34. The molecule has 2 heterocycles. The first-order chi connectivity index (χ1) is 15.0. The molecule has 2 amide bonds. The molecule has 170 valence electrons. The lowest BCUT2D eigenvalue weighted by molar-refractivity contribution is -0.155. The molecule has 0 unspecified atom stereocenters. The van der Waals surface area contributed by atoms with Gasteiger partial charge in [0.1, 0.15) is 17.5 Å². The lowest BCUT2D eigenvalue weighted by atomic mass is 10.0. The van der Waals surface area contributed by atoms with Crippen LogP contribution < -0.4 is 5.73 Å². The van der Waals surface area contributed by atoms with E-state index in [1.165, 1.54) is 23.2 Å². The summed E-state index contributed by atoms with van der Waals surface area (Å²) < 4.78 is 20.6. The van der Waals surface area contributed by atoms with E-state index in [4.69, 9.17) is 22.1 Å². The largest absolute Gasteiger partial charge is 0.460 e. The van der Waals surface area contributed by atoms with E-state index in [0.717, 1.165) is 5.56 Å². The van der Waals surface area contributed by atoms with Gasteiger partial charge in [-0.05, 0) is 57.0 Å². The second-order valence-corrected chi connectivity index (χ2v) is 8.88. The van der Waals surface area contributed by atoms with Gasteiger partial charge in [0, 0.05) is 35.2 Å². The van der Waals surface area contributed by atoms with E-state index in [0.29, 0.717) is 5.69 Å². The molecule has 0 saturated heterocycles. The Hall–Kier alpha value is -3.00. The third kappa shape index (κ3) is 5.07. The van der Waals surface area contributed by atoms with Crippen LogP contribution in [0.2, 0.25) is 0 Å². The lowest BCUT2D eigenvalue weighted by Crippen LogP contribution is -2.45. The van der Waals surface area contributed by atoms with Gasteiger partial charge in [0.15, 0.2) is 0 Å². The monoisotopic (exact) mass is 461 g/mol. The molecule has 0 spiro atoms. The fraction of sp³-hybridized carbons (Fsp3) is 0.391. The maximum atomic E-state index is 15.4. The van der Waals surface area contributed by atoms with Gasteiger partial charge in [0.05, 0.1) is 12.2 Å². The topological polar surface area (TPSA) is 103 Å². The molecular weight excluding hydrogens is 437 g/mol. The zero-order chi connectivity index (χ0) is 23.6. The maximum Gasteiger partial charge on any atom is 0.306 e. The van der Waals surface area contributed by atoms with Gasteiger partial charge in [-0.2, -0.15) is 0 Å². The number of nitrogens with two attached hydrogens (primary N) is 1. The van der Waals surface area contributed by atoms with Crippen molar-refractivity contribution in [1.29, 1.82) is 0 Å². The molecule has 9 heteroatoms. The highest BCUT2D eigenvalue weighted by Crippen LogP contribution is 2.33. The van der Waals surface area contributed by atoms with Crippen molar-refractivity contribution in [3.63, 3.8) is 0 Å². The summed E-state index contributed by atoms with van der Waals surface area (Å²) in [5.74, 6) is -2.13. The molecule has 0 saturated carbocycles. The molecule has 0 bridgehead atoms. The van der Waals surface area contributed by atoms with Crippen LogP contribution in [0.15, 0.2) is 30.5 Å². The Morgan fingerprint density at radius 3 is 2.59 bits per heavy atom. The minimum atomic E-state index is -1.07. The van der Waals surface area contributed by atoms with E-state index in [9.17, 15) is 14.4 Å². The maximum absolute atomic E-state index is 15.4. The molecule has 1 atom stereocenters. The summed E-state index contributed by atoms with van der Waals surface area (Å²) in [7, 11) is 0. The first-order valence-corrected chi connectivity index (χ1v) is 10.7. The lowest BCUT2D eigenvalue weighted by Gasteiger charge is -2.25. The number of aromatic nitrogens is 1. The summed E-state index contributed by atoms with van der Waals surface area (Å²) in [6.07, 6.45) is 1.42. The Balaban J connectivity index is 1.84. The number of benzene rings is 1. The molecule has 1 aromatic heterocycles. The second kappa shape index (κ2) is 9.24. The van der Waals surface area contributed by atoms with E-state index < -0.39 is 35.2 Å². The highest BCUT2D eigenvalue weighted by atomic mass is 35.5. The van der Waals surface area contributed by atoms with Gasteiger partial charge >= 0.3 is 5.97 Å². The van der Waals surface area contributed by atoms with Crippen LogP contribution >= 0.6 is 11.6 Å². The first-order valence-electron chi connectivity index (χ1n) is 10.2. The van der Waals surface area contributed by atoms with Gasteiger partial charge in [-0.15, -0.1) is 11.6 Å². The predicted octanol–water partition coefficient (Wildman–Crippen LogP) is 3.56. The van der Waals surface area contributed by atoms with Crippen molar-refractivity contribution >= 4 is 29.4 Å². The van der Waals surface area contributed by atoms with Crippen LogP contribution in [0.4, 0.5) is 4.39 Å². The van der Waals surface area contributed by atoms with E-state index >= 15 is 4.39 Å². The van der Waals surface area contributed by atoms with Gasteiger partial charge < -0.3 is 15.4 Å². The number of esters is 1. The summed E-state index contributed by atoms with van der Waals surface area (Å²) in [5, 5.41) is 0. The second-order valence-electron chi connectivity index (χ2n) is 8.61. The molecular formula is C23H25ClFN3O4. The number of ether oxygens (including phenoxy) is 1. The van der Waals surface area contributed by atoms with Crippen LogP contribution in [0.5, 0.6) is 0 Å². The molecule has 1 aliphatic heterocycles. The van der Waals surface area contributed by atoms with Gasteiger partial charge in [-0.3, -0.25) is 19.4 Å². The quantitative estimate of drug-likeness (QED) is 0.501. The minimum Gasteiger partial charge on any atom is -0.460 e. The Labute approximate surface area is 190 Å². The Kier molecular flexibility index (Phi) is 6.83. The van der Waals surface area contributed by atoms with Gasteiger partial charge in [-0.1, -0.05) is 0 Å². The number of pyridine rings is 1. The SMILES string of the molecule is CC(C)(C)OC(=O)CC[C@@H](C(N)=O)N1Cc2c(ccc(-c3cc(CCl)ccn3)c2F)C1=O. The zero-order valence-electron chi connectivity index (χ0n) is 18.2. The average molecular weight is 462 g/mol. The van der Waals surface area contributed by atoms with E-state index in [1.54, 1.807) is 32.9 Å². The third-order valence-corrected chi connectivity index (χ3v) is 5.37. The number of fused-ring (bicyclic) bond motifs is 1. The normalized spacial score (nSPS) is 14.3. The van der Waals surface area contributed by atoms with Crippen molar-refractivity contribution in [3.05, 3.63) is 53.0 Å². The molecule has 1 aliphatic rings. The zero-order valence-corrected chi connectivity index (χ0v) is 18.9. The Bertz CT molecular complexity index is 1070. The molecule has 1 aromatic carbocycles. The van der Waals surface area contributed by atoms with Crippen molar-refractivity contribution in [1.82, 2.24) is 9.88 Å². The van der Waals surface area contributed by atoms with Crippen molar-refractivity contribution < 1.29 is 23.5 Å². The van der Waals surface area contributed by atoms with Gasteiger partial charge in [0.2, 0.25) is 5.91 Å². The Morgan fingerprint density at radius 1 is 1.28 bits per heavy atom. The summed E-state index contributed by atoms with van der Waals surface area (Å²) >= 11 is 5.86. The molecule has 2 aromatic rings. The van der Waals surface area contributed by atoms with Crippen LogP contribution in [0, 0.1) is 5.82 Å². The van der Waals surface area contributed by atoms with Crippen molar-refractivity contribution in [2.75, 3.05) is 0 Å². The molecule has 7 nitrogen and oxygen atoms in total. The molecule has 32 heavy (non-hydrogen) atoms. The number of alkyl halides is 1. The molecule has 0 radical (unpaired) electrons. The first kappa shape index (κ1) is 23.7. The molecule has 0 fully saturated rings. The van der Waals surface area contributed by atoms with Crippen LogP contribution in [0.25, 0.3) is 11.3 Å². The van der Waals surface area contributed by atoms with Crippen molar-refractivity contribution in [2.45, 2.75) is 57.7 Å². The van der Waals surface area contributed by atoms with E-state index in [2.05, 4.69) is 4.98 Å². The standard InChI is InChI=1S/C23H25ClFN3O4/c1-23(2,3)32-19(29)7-6-18(21(26)30)28-12-16-14(22(28)31)4-5-15(20(16)25)17-10-13(11-24)8-9-27-17/h4-5,8-10,18H,6-7,11-12H2,1-3H3,(H2,26,30)/t18-/m0/s1. The van der Waals surface area contributed by atoms with Crippen LogP contribution in [0.3, 0.4) is 0 Å². The molecule has 2 N–H and O–H groups in total. The van der Waals surface area contributed by atoms with Crippen LogP contribution in [-0.4, -0.2) is 39.3 Å². The summed E-state index contributed by atoms with van der Waals surface area (Å²) in [6.45, 7) is 5.06. The fourth-order valence-electron chi connectivity index (χ4n) is 3.63. The molecule has 3 rings (SSSR count). The number of rotatable bonds is 7. The van der Waals surface area contributed by atoms with Gasteiger partial charge in [-0.25, -0.2) is 4.39 Å². The van der Waals surface area contributed by atoms with Gasteiger partial charge in [0.25, 0.3) is 5.91 Å². The Morgan fingerprint density at radius 2 is 1.97 bits per heavy atom. The number of carbonyl (C=O) groups is 3. The summed E-state index contributed by atoms with van der Waals surface area (Å²) in [5.41, 5.74) is 6.57. The van der Waals surface area contributed by atoms with Crippen molar-refractivity contribution in [3.8, 4) is 11.3 Å². The number of amides is 2. The van der Waals surface area contributed by atoms with Crippen LogP contribution in [-0.2, 0) is 26.8 Å². The number of nitrogens with zero attached hydrogens (tertiary/aromatic N) is 2. The van der Waals surface area contributed by atoms with Crippen LogP contribution in [0.1, 0.15) is 55.1 Å². The number of primary amides is 1. The van der Waals surface area contributed by atoms with E-state index in [1.807, 2.05) is 0 Å². The summed E-state index contributed by atoms with van der Waals surface area (Å²) in [4.78, 5) is 42.5. The number of hydrogen-bond donors (Lipinski definition) is 1. The minimum absolute atomic E-state index is 0.0161. The number of hydrogen-bond acceptors (Lipinski definition) is 5. The molecule has 0 aliphatic carbocycles. The predicted molar refractivity (Wildman–Crippen MR) is 117 cm³/mol. The number of halogens is 2. The smallest absolute Gasteiger partial charge is 0.306 e.